The summed E-state index contributed by atoms with van der Waals surface area (Å²) in [5, 5.41) is 8.67. The van der Waals surface area contributed by atoms with Crippen LogP contribution in [-0.4, -0.2) is 42.7 Å². The summed E-state index contributed by atoms with van der Waals surface area (Å²) in [6.07, 6.45) is -1.82. The van der Waals surface area contributed by atoms with Crippen LogP contribution in [-0.2, 0) is 19.0 Å². The third kappa shape index (κ3) is 3.06. The Hall–Kier alpha value is -1.92. The number of carboxylic acid groups (broad SMARTS) is 1. The molecule has 1 N–H and O–H groups in total. The second-order valence-electron chi connectivity index (χ2n) is 3.69. The molecule has 1 heterocycles. The van der Waals surface area contributed by atoms with Crippen LogP contribution < -0.4 is 0 Å². The minimum absolute atomic E-state index is 0.0388. The van der Waals surface area contributed by atoms with Gasteiger partial charge in [-0.25, -0.2) is 9.59 Å². The van der Waals surface area contributed by atoms with Crippen LogP contribution in [0.4, 0.5) is 0 Å². The summed E-state index contributed by atoms with van der Waals surface area (Å²) in [7, 11) is 0. The summed E-state index contributed by atoms with van der Waals surface area (Å²) < 4.78 is 15.0. The van der Waals surface area contributed by atoms with Gasteiger partial charge < -0.3 is 19.3 Å². The van der Waals surface area contributed by atoms with Crippen molar-refractivity contribution in [1.29, 1.82) is 0 Å². The first kappa shape index (κ1) is 12.5. The van der Waals surface area contributed by atoms with Crippen molar-refractivity contribution in [3.8, 4) is 0 Å². The van der Waals surface area contributed by atoms with Crippen LogP contribution in [0.3, 0.4) is 0 Å². The maximum Gasteiger partial charge on any atom is 0.338 e. The van der Waals surface area contributed by atoms with E-state index < -0.39 is 24.3 Å². The molecule has 1 saturated heterocycles. The highest BCUT2D eigenvalue weighted by Gasteiger charge is 2.32. The number of ether oxygens (including phenoxy) is 3. The zero-order valence-electron chi connectivity index (χ0n) is 9.44. The van der Waals surface area contributed by atoms with E-state index in [0.717, 1.165) is 0 Å². The SMILES string of the molecule is O=C(OC[C@@H]1OCC(C(=O)O)O1)c1ccccc1. The average Bonchev–Trinajstić information content (AvgIpc) is 2.86. The molecule has 0 spiro atoms. The molecule has 0 amide bonds. The van der Waals surface area contributed by atoms with Gasteiger partial charge in [-0.3, -0.25) is 0 Å². The second kappa shape index (κ2) is 5.61. The normalized spacial score (nSPS) is 22.7. The lowest BCUT2D eigenvalue weighted by Gasteiger charge is -2.10. The first-order chi connectivity index (χ1) is 8.66. The zero-order chi connectivity index (χ0) is 13.0. The van der Waals surface area contributed by atoms with Crippen molar-refractivity contribution in [2.75, 3.05) is 13.2 Å². The summed E-state index contributed by atoms with van der Waals surface area (Å²) in [5.41, 5.74) is 0.422. The number of benzene rings is 1. The van der Waals surface area contributed by atoms with Gasteiger partial charge in [0.25, 0.3) is 0 Å². The molecule has 0 aromatic heterocycles. The smallest absolute Gasteiger partial charge is 0.338 e. The van der Waals surface area contributed by atoms with E-state index in [1.54, 1.807) is 30.3 Å². The molecule has 0 radical (unpaired) electrons. The average molecular weight is 252 g/mol. The Morgan fingerprint density at radius 1 is 1.33 bits per heavy atom. The maximum absolute atomic E-state index is 11.6. The van der Waals surface area contributed by atoms with E-state index in [2.05, 4.69) is 0 Å². The van der Waals surface area contributed by atoms with Gasteiger partial charge in [-0.05, 0) is 12.1 Å². The summed E-state index contributed by atoms with van der Waals surface area (Å²) >= 11 is 0. The van der Waals surface area contributed by atoms with Crippen LogP contribution in [0.15, 0.2) is 30.3 Å². The third-order valence-corrected chi connectivity index (χ3v) is 2.38. The van der Waals surface area contributed by atoms with Crippen LogP contribution in [0, 0.1) is 0 Å². The van der Waals surface area contributed by atoms with Crippen molar-refractivity contribution in [3.63, 3.8) is 0 Å². The van der Waals surface area contributed by atoms with Gasteiger partial charge in [-0.15, -0.1) is 0 Å². The van der Waals surface area contributed by atoms with E-state index in [1.165, 1.54) is 0 Å². The Kier molecular flexibility index (Phi) is 3.91. The van der Waals surface area contributed by atoms with E-state index in [4.69, 9.17) is 19.3 Å². The molecule has 1 aliphatic rings. The number of carbonyl (C=O) groups is 2. The molecule has 2 atom stereocenters. The number of aliphatic carboxylic acids is 1. The van der Waals surface area contributed by atoms with Gasteiger partial charge in [0, 0.05) is 0 Å². The van der Waals surface area contributed by atoms with E-state index in [0.29, 0.717) is 5.56 Å². The number of esters is 1. The third-order valence-electron chi connectivity index (χ3n) is 2.38. The predicted molar refractivity (Wildman–Crippen MR) is 59.0 cm³/mol. The van der Waals surface area contributed by atoms with E-state index in [-0.39, 0.29) is 13.2 Å². The highest BCUT2D eigenvalue weighted by Crippen LogP contribution is 2.12. The van der Waals surface area contributed by atoms with Gasteiger partial charge in [0.15, 0.2) is 12.4 Å². The van der Waals surface area contributed by atoms with Gasteiger partial charge in [0.05, 0.1) is 12.2 Å². The van der Waals surface area contributed by atoms with E-state index >= 15 is 0 Å². The molecule has 1 aromatic carbocycles. The standard InChI is InChI=1S/C12H12O6/c13-11(14)9-6-16-10(18-9)7-17-12(15)8-4-2-1-3-5-8/h1-5,9-10H,6-7H2,(H,13,14)/t9?,10-/m1/s1. The molecular formula is C12H12O6. The second-order valence-corrected chi connectivity index (χ2v) is 3.69. The van der Waals surface area contributed by atoms with Crippen molar-refractivity contribution in [1.82, 2.24) is 0 Å². The first-order valence-electron chi connectivity index (χ1n) is 5.39. The number of carbonyl (C=O) groups excluding carboxylic acids is 1. The Balaban J connectivity index is 1.79. The summed E-state index contributed by atoms with van der Waals surface area (Å²) in [4.78, 5) is 22.2. The molecule has 18 heavy (non-hydrogen) atoms. The van der Waals surface area contributed by atoms with Gasteiger partial charge in [0.1, 0.15) is 6.61 Å². The van der Waals surface area contributed by atoms with Crippen molar-refractivity contribution in [2.24, 2.45) is 0 Å². The molecular weight excluding hydrogens is 240 g/mol. The van der Waals surface area contributed by atoms with Crippen molar-refractivity contribution >= 4 is 11.9 Å². The lowest BCUT2D eigenvalue weighted by molar-refractivity contribution is -0.152. The highest BCUT2D eigenvalue weighted by atomic mass is 16.7. The van der Waals surface area contributed by atoms with Crippen molar-refractivity contribution in [3.05, 3.63) is 35.9 Å². The van der Waals surface area contributed by atoms with Crippen LogP contribution in [0.25, 0.3) is 0 Å². The Bertz CT molecular complexity index is 429. The monoisotopic (exact) mass is 252 g/mol. The van der Waals surface area contributed by atoms with E-state index in [9.17, 15) is 9.59 Å². The van der Waals surface area contributed by atoms with Crippen molar-refractivity contribution in [2.45, 2.75) is 12.4 Å². The quantitative estimate of drug-likeness (QED) is 0.793. The maximum atomic E-state index is 11.6. The minimum Gasteiger partial charge on any atom is -0.479 e. The lowest BCUT2D eigenvalue weighted by Crippen LogP contribution is -2.25. The fourth-order valence-electron chi connectivity index (χ4n) is 1.47. The van der Waals surface area contributed by atoms with E-state index in [1.807, 2.05) is 0 Å². The molecule has 1 unspecified atom stereocenters. The largest absolute Gasteiger partial charge is 0.479 e. The van der Waals surface area contributed by atoms with Gasteiger partial charge >= 0.3 is 11.9 Å². The summed E-state index contributed by atoms with van der Waals surface area (Å²) in [6.45, 7) is -0.166. The zero-order valence-corrected chi connectivity index (χ0v) is 9.44. The van der Waals surface area contributed by atoms with Crippen LogP contribution in [0.5, 0.6) is 0 Å². The van der Waals surface area contributed by atoms with Gasteiger partial charge in [-0.1, -0.05) is 18.2 Å². The molecule has 96 valence electrons. The minimum atomic E-state index is -1.09. The van der Waals surface area contributed by atoms with Crippen molar-refractivity contribution < 1.29 is 28.9 Å². The number of rotatable bonds is 4. The Morgan fingerprint density at radius 2 is 2.06 bits per heavy atom. The summed E-state index contributed by atoms with van der Waals surface area (Å²) in [5.74, 6) is -1.59. The first-order valence-corrected chi connectivity index (χ1v) is 5.39. The number of hydrogen-bond acceptors (Lipinski definition) is 5. The molecule has 1 aromatic rings. The molecule has 6 heteroatoms. The molecule has 2 rings (SSSR count). The fourth-order valence-corrected chi connectivity index (χ4v) is 1.47. The molecule has 0 saturated carbocycles. The van der Waals surface area contributed by atoms with Gasteiger partial charge in [0.2, 0.25) is 0 Å². The number of carboxylic acids is 1. The fraction of sp³-hybridized carbons (Fsp3) is 0.333. The Labute approximate surface area is 103 Å². The van der Waals surface area contributed by atoms with Gasteiger partial charge in [-0.2, -0.15) is 0 Å². The molecule has 6 nitrogen and oxygen atoms in total. The molecule has 0 bridgehead atoms. The topological polar surface area (TPSA) is 82.1 Å². The molecule has 0 aliphatic carbocycles. The molecule has 1 aliphatic heterocycles. The highest BCUT2D eigenvalue weighted by molar-refractivity contribution is 5.89. The number of hydrogen-bond donors (Lipinski definition) is 1. The predicted octanol–water partition coefficient (Wildman–Crippen LogP) is 0.669. The van der Waals surface area contributed by atoms with Crippen LogP contribution >= 0.6 is 0 Å². The molecule has 1 fully saturated rings. The Morgan fingerprint density at radius 3 is 2.67 bits per heavy atom. The van der Waals surface area contributed by atoms with Crippen LogP contribution in [0.1, 0.15) is 10.4 Å². The lowest BCUT2D eigenvalue weighted by atomic mass is 10.2. The summed E-state index contributed by atoms with van der Waals surface area (Å²) in [6, 6.07) is 8.48. The van der Waals surface area contributed by atoms with Crippen LogP contribution in [0.2, 0.25) is 0 Å².